The van der Waals surface area contributed by atoms with Crippen LogP contribution in [-0.4, -0.2) is 71.6 Å². The van der Waals surface area contributed by atoms with Gasteiger partial charge in [0, 0.05) is 63.1 Å². The molecule has 8 nitrogen and oxygen atoms in total. The van der Waals surface area contributed by atoms with Crippen molar-refractivity contribution in [3.05, 3.63) is 89.5 Å². The Labute approximate surface area is 225 Å². The van der Waals surface area contributed by atoms with Crippen molar-refractivity contribution >= 4 is 24.0 Å². The molecule has 0 aliphatic carbocycles. The van der Waals surface area contributed by atoms with E-state index in [0.717, 1.165) is 55.5 Å². The number of hydrogen-bond donors (Lipinski definition) is 1. The van der Waals surface area contributed by atoms with Crippen LogP contribution in [0.25, 0.3) is 5.69 Å². The first kappa shape index (κ1) is 27.0. The van der Waals surface area contributed by atoms with Crippen LogP contribution in [0.5, 0.6) is 0 Å². The van der Waals surface area contributed by atoms with Crippen molar-refractivity contribution in [1.82, 2.24) is 19.6 Å². The van der Waals surface area contributed by atoms with Gasteiger partial charge in [-0.15, -0.1) is 0 Å². The first-order chi connectivity index (χ1) is 18.5. The molecule has 1 N–H and O–H groups in total. The van der Waals surface area contributed by atoms with Crippen LogP contribution in [0, 0.1) is 5.41 Å². The molecule has 198 valence electrons. The summed E-state index contributed by atoms with van der Waals surface area (Å²) >= 11 is 0. The molecule has 8 heteroatoms. The van der Waals surface area contributed by atoms with E-state index in [1.165, 1.54) is 5.56 Å². The maximum absolute atomic E-state index is 13.5. The van der Waals surface area contributed by atoms with E-state index in [1.54, 1.807) is 4.90 Å². The average Bonchev–Trinajstić information content (AvgIpc) is 3.36. The highest BCUT2D eigenvalue weighted by molar-refractivity contribution is 6.19. The normalized spacial score (nSPS) is 14.6. The summed E-state index contributed by atoms with van der Waals surface area (Å²) < 4.78 is 1.85. The van der Waals surface area contributed by atoms with Crippen LogP contribution in [-0.2, 0) is 17.8 Å². The second kappa shape index (κ2) is 13.0. The van der Waals surface area contributed by atoms with E-state index in [9.17, 15) is 4.79 Å². The first-order valence-corrected chi connectivity index (χ1v) is 13.2. The van der Waals surface area contributed by atoms with E-state index < -0.39 is 0 Å². The molecule has 1 aliphatic heterocycles. The summed E-state index contributed by atoms with van der Waals surface area (Å²) in [4.78, 5) is 24.0. The van der Waals surface area contributed by atoms with Crippen LogP contribution < -0.4 is 4.90 Å². The number of likely N-dealkylation sites (N-methyl/N-ethyl adjacent to an activating group) is 2. The van der Waals surface area contributed by atoms with Gasteiger partial charge in [-0.05, 0) is 43.7 Å². The molecule has 38 heavy (non-hydrogen) atoms. The van der Waals surface area contributed by atoms with Crippen molar-refractivity contribution in [3.8, 4) is 5.69 Å². The van der Waals surface area contributed by atoms with Gasteiger partial charge in [0.2, 0.25) is 0 Å². The van der Waals surface area contributed by atoms with Crippen LogP contribution >= 0.6 is 0 Å². The van der Waals surface area contributed by atoms with Crippen molar-refractivity contribution in [2.75, 3.05) is 38.6 Å². The molecule has 0 fully saturated rings. The quantitative estimate of drug-likeness (QED) is 0.383. The lowest BCUT2D eigenvalue weighted by Crippen LogP contribution is -2.34. The Bertz CT molecular complexity index is 1290. The minimum absolute atomic E-state index is 0.216. The second-order valence-electron chi connectivity index (χ2n) is 9.65. The number of nitrogens with zero attached hydrogens (tertiary/aromatic N) is 6. The monoisotopic (exact) mass is 511 g/mol. The summed E-state index contributed by atoms with van der Waals surface area (Å²) in [6.07, 6.45) is 9.70. The molecule has 4 rings (SSSR count). The zero-order chi connectivity index (χ0) is 26.9. The number of rotatable bonds is 11. The van der Waals surface area contributed by atoms with Gasteiger partial charge in [-0.3, -0.25) is 4.79 Å². The largest absolute Gasteiger partial charge is 0.357 e. The second-order valence-corrected chi connectivity index (χ2v) is 9.65. The highest BCUT2D eigenvalue weighted by atomic mass is 16.2. The van der Waals surface area contributed by atoms with Crippen molar-refractivity contribution in [2.45, 2.75) is 32.7 Å². The molecule has 0 saturated carbocycles. The summed E-state index contributed by atoms with van der Waals surface area (Å²) in [6.45, 7) is 4.97. The number of anilines is 1. The topological polar surface area (TPSA) is 80.8 Å². The summed E-state index contributed by atoms with van der Waals surface area (Å²) in [7, 11) is 4.04. The number of carbonyl (C=O) groups excluding carboxylic acids is 1. The maximum Gasteiger partial charge on any atom is 0.263 e. The van der Waals surface area contributed by atoms with E-state index in [4.69, 9.17) is 5.41 Å². The smallest absolute Gasteiger partial charge is 0.263 e. The van der Waals surface area contributed by atoms with E-state index in [2.05, 4.69) is 53.2 Å². The van der Waals surface area contributed by atoms with Gasteiger partial charge in [0.05, 0.1) is 17.5 Å². The van der Waals surface area contributed by atoms with Crippen LogP contribution in [0.4, 0.5) is 5.69 Å². The number of benzene rings is 2. The third kappa shape index (κ3) is 6.63. The van der Waals surface area contributed by atoms with Gasteiger partial charge in [0.1, 0.15) is 5.82 Å². The van der Waals surface area contributed by atoms with Gasteiger partial charge in [-0.2, -0.15) is 5.10 Å². The van der Waals surface area contributed by atoms with Gasteiger partial charge in [-0.1, -0.05) is 49.7 Å². The summed E-state index contributed by atoms with van der Waals surface area (Å²) in [6, 6.07) is 18.3. The average molecular weight is 512 g/mol. The number of nitrogens with one attached hydrogen (secondary N) is 1. The number of carbonyl (C=O) groups is 1. The molecule has 0 bridgehead atoms. The van der Waals surface area contributed by atoms with Crippen LogP contribution in [0.1, 0.15) is 30.9 Å². The van der Waals surface area contributed by atoms with Crippen molar-refractivity contribution in [3.63, 3.8) is 0 Å². The predicted octanol–water partition coefficient (Wildman–Crippen LogP) is 4.56. The first-order valence-electron chi connectivity index (χ1n) is 13.2. The maximum atomic E-state index is 13.5. The summed E-state index contributed by atoms with van der Waals surface area (Å²) in [5.41, 5.74) is 4.41. The lowest BCUT2D eigenvalue weighted by atomic mass is 10.1. The zero-order valence-corrected chi connectivity index (χ0v) is 22.5. The Morgan fingerprint density at radius 3 is 2.63 bits per heavy atom. The van der Waals surface area contributed by atoms with E-state index in [-0.39, 0.29) is 5.91 Å². The molecule has 0 unspecified atom stereocenters. The van der Waals surface area contributed by atoms with E-state index in [0.29, 0.717) is 24.5 Å². The van der Waals surface area contributed by atoms with E-state index in [1.807, 2.05) is 65.6 Å². The molecule has 0 spiro atoms. The summed E-state index contributed by atoms with van der Waals surface area (Å²) in [5.74, 6) is 0.330. The molecular weight excluding hydrogens is 474 g/mol. The zero-order valence-electron chi connectivity index (χ0n) is 22.5. The van der Waals surface area contributed by atoms with Gasteiger partial charge < -0.3 is 20.1 Å². The Morgan fingerprint density at radius 1 is 1.08 bits per heavy atom. The fourth-order valence-electron chi connectivity index (χ4n) is 4.47. The van der Waals surface area contributed by atoms with Gasteiger partial charge in [-0.25, -0.2) is 9.67 Å². The predicted molar refractivity (Wildman–Crippen MR) is 154 cm³/mol. The third-order valence-corrected chi connectivity index (χ3v) is 6.63. The lowest BCUT2D eigenvalue weighted by Gasteiger charge is -2.22. The standard InChI is InChI=1S/C30H37N7O/c1-4-5-15-32-29-28(20-31)30(38)36(18-17-35(29)3)26-12-9-13-27(19-26)37-23-25(21-33-37)22-34(2)16-14-24-10-7-6-8-11-24/h6-13,15,19-21,23,31H,4-5,14,16-18,22H2,1-3H3. The fraction of sp³-hybridized carbons (Fsp3) is 0.333. The van der Waals surface area contributed by atoms with Crippen molar-refractivity contribution in [1.29, 1.82) is 5.41 Å². The highest BCUT2D eigenvalue weighted by Crippen LogP contribution is 2.24. The molecular formula is C30H37N7O. The van der Waals surface area contributed by atoms with Crippen LogP contribution in [0.2, 0.25) is 0 Å². The fourth-order valence-corrected chi connectivity index (χ4v) is 4.47. The number of hydrogen-bond acceptors (Lipinski definition) is 6. The molecule has 2 aromatic carbocycles. The molecule has 1 aliphatic rings. The molecule has 1 amide bonds. The van der Waals surface area contributed by atoms with Gasteiger partial charge >= 0.3 is 0 Å². The minimum atomic E-state index is -0.216. The Hall–Kier alpha value is -4.04. The molecule has 2 heterocycles. The summed E-state index contributed by atoms with van der Waals surface area (Å²) in [5, 5.41) is 12.5. The van der Waals surface area contributed by atoms with Crippen molar-refractivity contribution < 1.29 is 4.79 Å². The lowest BCUT2D eigenvalue weighted by molar-refractivity contribution is -0.114. The van der Waals surface area contributed by atoms with Crippen LogP contribution in [0.15, 0.2) is 83.4 Å². The van der Waals surface area contributed by atoms with Crippen molar-refractivity contribution in [2.24, 2.45) is 4.99 Å². The molecule has 0 radical (unpaired) electrons. The molecule has 0 atom stereocenters. The Morgan fingerprint density at radius 2 is 1.87 bits per heavy atom. The molecule has 3 aromatic rings. The minimum Gasteiger partial charge on any atom is -0.357 e. The molecule has 0 saturated heterocycles. The number of unbranched alkanes of at least 4 members (excludes halogenated alkanes) is 1. The molecule has 1 aromatic heterocycles. The number of aliphatic imine (C=N–C) groups is 1. The third-order valence-electron chi connectivity index (χ3n) is 6.63. The SMILES string of the molecule is CCCC=NC1=C(C=N)C(=O)N(c2cccc(-n3cc(CN(C)CCc4ccccc4)cn3)c2)CCN1C. The Balaban J connectivity index is 1.48. The van der Waals surface area contributed by atoms with Gasteiger partial charge in [0.15, 0.2) is 0 Å². The number of amides is 1. The van der Waals surface area contributed by atoms with E-state index >= 15 is 0 Å². The van der Waals surface area contributed by atoms with Crippen LogP contribution in [0.3, 0.4) is 0 Å². The van der Waals surface area contributed by atoms with Gasteiger partial charge in [0.25, 0.3) is 5.91 Å². The Kier molecular flexibility index (Phi) is 9.21. The number of aromatic nitrogens is 2. The highest BCUT2D eigenvalue weighted by Gasteiger charge is 2.27.